The van der Waals surface area contributed by atoms with Gasteiger partial charge in [-0.15, -0.1) is 5.11 Å². The van der Waals surface area contributed by atoms with Crippen LogP contribution in [-0.2, 0) is 9.53 Å². The molecule has 0 heterocycles. The van der Waals surface area contributed by atoms with Crippen LogP contribution in [-0.4, -0.2) is 38.8 Å². The zero-order valence-electron chi connectivity index (χ0n) is 17.6. The molecule has 0 aromatic heterocycles. The van der Waals surface area contributed by atoms with Crippen LogP contribution in [0.1, 0.15) is 49.5 Å². The number of phenolic OH excluding ortho intramolecular Hbond substituents is 1. The summed E-state index contributed by atoms with van der Waals surface area (Å²) in [6.45, 7) is 6.36. The van der Waals surface area contributed by atoms with Crippen LogP contribution < -0.4 is 5.84 Å². The molecule has 0 saturated heterocycles. The number of nitrogens with zero attached hydrogens (tertiary/aromatic N) is 3. The van der Waals surface area contributed by atoms with E-state index in [1.54, 1.807) is 32.9 Å². The lowest BCUT2D eigenvalue weighted by Crippen LogP contribution is -2.47. The molecular weight excluding hydrogens is 404 g/mol. The number of phenols is 1. The summed E-state index contributed by atoms with van der Waals surface area (Å²) in [5.74, 6) is 2.45. The average molecular weight is 428 g/mol. The van der Waals surface area contributed by atoms with Crippen LogP contribution in [0.5, 0.6) is 5.75 Å². The quantitative estimate of drug-likeness (QED) is 0.278. The molecule has 2 rings (SSSR count). The van der Waals surface area contributed by atoms with Gasteiger partial charge in [0.25, 0.3) is 5.91 Å². The minimum Gasteiger partial charge on any atom is -0.508 e. The van der Waals surface area contributed by atoms with Crippen LogP contribution in [0.15, 0.2) is 52.7 Å². The van der Waals surface area contributed by atoms with Crippen molar-refractivity contribution in [3.05, 3.63) is 53.6 Å². The number of hydrogen-bond donors (Lipinski definition) is 3. The second-order valence-electron chi connectivity index (χ2n) is 7.68. The van der Waals surface area contributed by atoms with Gasteiger partial charge >= 0.3 is 12.1 Å². The number of azo groups is 1. The molecule has 0 aliphatic carbocycles. The van der Waals surface area contributed by atoms with Gasteiger partial charge in [-0.1, -0.05) is 12.1 Å². The number of carbonyl (C=O) groups excluding carboxylic acids is 2. The number of imide groups is 1. The predicted octanol–water partition coefficient (Wildman–Crippen LogP) is 4.25. The van der Waals surface area contributed by atoms with Crippen LogP contribution in [0.25, 0.3) is 0 Å². The number of nitrogens with two attached hydrogens (primary N) is 1. The number of carboxylic acids is 1. The molecular formula is C21H24N4O6. The number of hydrogen-bond acceptors (Lipinski definition) is 8. The van der Waals surface area contributed by atoms with Crippen LogP contribution in [0.2, 0.25) is 0 Å². The normalized spacial score (nSPS) is 12.4. The third kappa shape index (κ3) is 6.09. The molecule has 0 aliphatic rings. The van der Waals surface area contributed by atoms with E-state index in [-0.39, 0.29) is 28.3 Å². The molecule has 1 atom stereocenters. The highest BCUT2D eigenvalue weighted by Gasteiger charge is 2.30. The molecule has 2 aromatic rings. The number of aromatic hydroxyl groups is 1. The standard InChI is InChI=1S/C21H24N4O6/c1-12(18(27)25(22)20(30)31-21(2,3)4)15-11-13(9-10-17(15)26)23-24-16-8-6-5-7-14(16)19(28)29/h5-12,26H,22H2,1-4H3,(H,28,29)/b24-23+. The maximum absolute atomic E-state index is 12.6. The van der Waals surface area contributed by atoms with Crippen LogP contribution in [0.4, 0.5) is 16.2 Å². The first-order valence-electron chi connectivity index (χ1n) is 9.29. The van der Waals surface area contributed by atoms with Crippen molar-refractivity contribution in [2.75, 3.05) is 0 Å². The Balaban J connectivity index is 2.27. The second-order valence-corrected chi connectivity index (χ2v) is 7.68. The smallest absolute Gasteiger partial charge is 0.431 e. The first-order valence-corrected chi connectivity index (χ1v) is 9.29. The average Bonchev–Trinajstić information content (AvgIpc) is 2.70. The summed E-state index contributed by atoms with van der Waals surface area (Å²) in [4.78, 5) is 35.9. The minimum atomic E-state index is -1.15. The van der Waals surface area contributed by atoms with Crippen molar-refractivity contribution in [3.8, 4) is 5.75 Å². The van der Waals surface area contributed by atoms with Gasteiger partial charge in [0.1, 0.15) is 17.0 Å². The van der Waals surface area contributed by atoms with E-state index in [1.165, 1.54) is 37.3 Å². The summed E-state index contributed by atoms with van der Waals surface area (Å²) in [5, 5.41) is 27.7. The Morgan fingerprint density at radius 3 is 2.35 bits per heavy atom. The minimum absolute atomic E-state index is 0.0232. The predicted molar refractivity (Wildman–Crippen MR) is 111 cm³/mol. The molecule has 31 heavy (non-hydrogen) atoms. The number of carbonyl (C=O) groups is 3. The van der Waals surface area contributed by atoms with E-state index in [0.29, 0.717) is 5.01 Å². The summed E-state index contributed by atoms with van der Waals surface area (Å²) in [7, 11) is 0. The van der Waals surface area contributed by atoms with Gasteiger partial charge in [0.05, 0.1) is 17.2 Å². The van der Waals surface area contributed by atoms with Crippen molar-refractivity contribution in [1.29, 1.82) is 0 Å². The Morgan fingerprint density at radius 1 is 1.10 bits per heavy atom. The Morgan fingerprint density at radius 2 is 1.74 bits per heavy atom. The van der Waals surface area contributed by atoms with Crippen LogP contribution in [0.3, 0.4) is 0 Å². The van der Waals surface area contributed by atoms with Crippen molar-refractivity contribution in [3.63, 3.8) is 0 Å². The Kier molecular flexibility index (Phi) is 7.08. The van der Waals surface area contributed by atoms with Gasteiger partial charge < -0.3 is 14.9 Å². The highest BCUT2D eigenvalue weighted by molar-refractivity contribution is 5.95. The lowest BCUT2D eigenvalue weighted by atomic mass is 9.98. The molecule has 0 saturated carbocycles. The number of carboxylic acid groups (broad SMARTS) is 1. The summed E-state index contributed by atoms with van der Waals surface area (Å²) in [6.07, 6.45) is -1.02. The van der Waals surface area contributed by atoms with E-state index in [9.17, 15) is 24.6 Å². The summed E-state index contributed by atoms with van der Waals surface area (Å²) in [5.41, 5.74) is -0.301. The Hall–Kier alpha value is -3.79. The first-order chi connectivity index (χ1) is 14.4. The van der Waals surface area contributed by atoms with E-state index in [1.807, 2.05) is 0 Å². The van der Waals surface area contributed by atoms with Crippen molar-refractivity contribution in [1.82, 2.24) is 5.01 Å². The maximum atomic E-state index is 12.6. The fourth-order valence-electron chi connectivity index (χ4n) is 2.55. The van der Waals surface area contributed by atoms with E-state index in [0.717, 1.165) is 0 Å². The molecule has 10 nitrogen and oxygen atoms in total. The van der Waals surface area contributed by atoms with Crippen molar-refractivity contribution in [2.24, 2.45) is 16.1 Å². The fourth-order valence-corrected chi connectivity index (χ4v) is 2.55. The molecule has 0 spiro atoms. The monoisotopic (exact) mass is 428 g/mol. The topological polar surface area (TPSA) is 155 Å². The lowest BCUT2D eigenvalue weighted by Gasteiger charge is -2.25. The summed E-state index contributed by atoms with van der Waals surface area (Å²) < 4.78 is 5.08. The van der Waals surface area contributed by atoms with E-state index >= 15 is 0 Å². The number of rotatable bonds is 5. The fraction of sp³-hybridized carbons (Fsp3) is 0.286. The number of aromatic carboxylic acids is 1. The zero-order valence-corrected chi connectivity index (χ0v) is 17.6. The van der Waals surface area contributed by atoms with Crippen LogP contribution in [0, 0.1) is 0 Å². The van der Waals surface area contributed by atoms with Gasteiger partial charge in [-0.3, -0.25) is 4.79 Å². The molecule has 10 heteroatoms. The lowest BCUT2D eigenvalue weighted by molar-refractivity contribution is -0.131. The molecule has 164 valence electrons. The molecule has 4 N–H and O–H groups in total. The van der Waals surface area contributed by atoms with Gasteiger partial charge in [-0.2, -0.15) is 10.1 Å². The number of ether oxygens (including phenoxy) is 1. The summed E-state index contributed by atoms with van der Waals surface area (Å²) in [6, 6.07) is 10.2. The highest BCUT2D eigenvalue weighted by atomic mass is 16.6. The molecule has 2 aromatic carbocycles. The van der Waals surface area contributed by atoms with E-state index in [2.05, 4.69) is 10.2 Å². The first kappa shape index (κ1) is 23.5. The van der Waals surface area contributed by atoms with E-state index < -0.39 is 29.5 Å². The number of benzene rings is 2. The summed E-state index contributed by atoms with van der Waals surface area (Å²) >= 11 is 0. The Labute approximate surface area is 178 Å². The van der Waals surface area contributed by atoms with Crippen LogP contribution >= 0.6 is 0 Å². The van der Waals surface area contributed by atoms with Gasteiger partial charge in [0, 0.05) is 5.56 Å². The maximum Gasteiger partial charge on any atom is 0.431 e. The third-order valence-electron chi connectivity index (χ3n) is 4.08. The molecule has 0 aliphatic heterocycles. The second kappa shape index (κ2) is 9.35. The molecule has 0 radical (unpaired) electrons. The molecule has 1 unspecified atom stereocenters. The third-order valence-corrected chi connectivity index (χ3v) is 4.08. The van der Waals surface area contributed by atoms with Crippen molar-refractivity contribution in [2.45, 2.75) is 39.2 Å². The highest BCUT2D eigenvalue weighted by Crippen LogP contribution is 2.32. The SMILES string of the molecule is CC(C(=O)N(N)C(=O)OC(C)(C)C)c1cc(/N=N/c2ccccc2C(=O)O)ccc1O. The molecule has 0 fully saturated rings. The Bertz CT molecular complexity index is 1030. The van der Waals surface area contributed by atoms with Gasteiger partial charge in [-0.05, 0) is 58.0 Å². The largest absolute Gasteiger partial charge is 0.508 e. The zero-order chi connectivity index (χ0) is 23.3. The van der Waals surface area contributed by atoms with Gasteiger partial charge in [-0.25, -0.2) is 15.4 Å². The van der Waals surface area contributed by atoms with Gasteiger partial charge in [0.2, 0.25) is 0 Å². The molecule has 0 bridgehead atoms. The number of amides is 2. The van der Waals surface area contributed by atoms with Crippen molar-refractivity contribution >= 4 is 29.3 Å². The van der Waals surface area contributed by atoms with Crippen molar-refractivity contribution < 1.29 is 29.3 Å². The van der Waals surface area contributed by atoms with E-state index in [4.69, 9.17) is 10.6 Å². The number of hydrazine groups is 1. The molecule has 2 amide bonds. The van der Waals surface area contributed by atoms with Gasteiger partial charge in [0.15, 0.2) is 0 Å².